The lowest BCUT2D eigenvalue weighted by Gasteiger charge is -2.10. The molecule has 1 fully saturated rings. The average molecular weight is 176 g/mol. The van der Waals surface area contributed by atoms with E-state index in [1.807, 2.05) is 12.2 Å². The summed E-state index contributed by atoms with van der Waals surface area (Å²) in [4.78, 5) is 2.22. The summed E-state index contributed by atoms with van der Waals surface area (Å²) in [5.41, 5.74) is 0. The molecule has 1 atom stereocenters. The van der Waals surface area contributed by atoms with E-state index in [1.165, 1.54) is 0 Å². The molecule has 1 aliphatic rings. The number of allylic oxidation sites excluding steroid dienone is 1. The van der Waals surface area contributed by atoms with E-state index in [9.17, 15) is 0 Å². The Morgan fingerprint density at radius 3 is 2.91 bits per heavy atom. The van der Waals surface area contributed by atoms with E-state index in [0.717, 1.165) is 26.1 Å². The van der Waals surface area contributed by atoms with Crippen LogP contribution in [0.3, 0.4) is 0 Å². The van der Waals surface area contributed by atoms with Crippen LogP contribution >= 0.6 is 11.6 Å². The zero-order chi connectivity index (χ0) is 8.10. The SMILES string of the molecule is OC1CCN(C/C=C/CCl)C1. The van der Waals surface area contributed by atoms with Crippen molar-refractivity contribution in [1.82, 2.24) is 4.90 Å². The lowest BCUT2D eigenvalue weighted by Crippen LogP contribution is -2.21. The maximum absolute atomic E-state index is 9.16. The molecule has 0 aliphatic carbocycles. The number of likely N-dealkylation sites (tertiary alicyclic amines) is 1. The van der Waals surface area contributed by atoms with Crippen molar-refractivity contribution in [2.24, 2.45) is 0 Å². The van der Waals surface area contributed by atoms with Crippen LogP contribution in [0.15, 0.2) is 12.2 Å². The summed E-state index contributed by atoms with van der Waals surface area (Å²) in [6.45, 7) is 2.74. The molecule has 1 saturated heterocycles. The number of aliphatic hydroxyl groups is 1. The summed E-state index contributed by atoms with van der Waals surface area (Å²) in [5.74, 6) is 0.580. The molecule has 0 saturated carbocycles. The molecule has 0 radical (unpaired) electrons. The number of nitrogens with zero attached hydrogens (tertiary/aromatic N) is 1. The number of rotatable bonds is 3. The fourth-order valence-electron chi connectivity index (χ4n) is 1.26. The molecule has 64 valence electrons. The van der Waals surface area contributed by atoms with Crippen molar-refractivity contribution in [3.05, 3.63) is 12.2 Å². The minimum atomic E-state index is -0.112. The van der Waals surface area contributed by atoms with Gasteiger partial charge in [0.25, 0.3) is 0 Å². The number of hydrogen-bond donors (Lipinski definition) is 1. The average Bonchev–Trinajstić information content (AvgIpc) is 2.37. The zero-order valence-corrected chi connectivity index (χ0v) is 7.30. The molecule has 0 aromatic rings. The van der Waals surface area contributed by atoms with Crippen molar-refractivity contribution < 1.29 is 5.11 Å². The molecule has 11 heavy (non-hydrogen) atoms. The number of aliphatic hydroxyl groups excluding tert-OH is 1. The van der Waals surface area contributed by atoms with Gasteiger partial charge in [0, 0.05) is 25.5 Å². The molecule has 1 heterocycles. The second-order valence-electron chi connectivity index (χ2n) is 2.83. The Morgan fingerprint density at radius 1 is 1.55 bits per heavy atom. The Bertz CT molecular complexity index is 138. The van der Waals surface area contributed by atoms with Crippen LogP contribution in [-0.4, -0.2) is 41.6 Å². The highest BCUT2D eigenvalue weighted by Crippen LogP contribution is 2.07. The van der Waals surface area contributed by atoms with Crippen LogP contribution in [0.2, 0.25) is 0 Å². The van der Waals surface area contributed by atoms with Gasteiger partial charge in [0.2, 0.25) is 0 Å². The van der Waals surface area contributed by atoms with Gasteiger partial charge in [-0.3, -0.25) is 4.90 Å². The molecule has 2 nitrogen and oxygen atoms in total. The van der Waals surface area contributed by atoms with E-state index in [4.69, 9.17) is 16.7 Å². The fraction of sp³-hybridized carbons (Fsp3) is 0.750. The number of alkyl halides is 1. The van der Waals surface area contributed by atoms with Crippen molar-refractivity contribution in [2.75, 3.05) is 25.5 Å². The summed E-state index contributed by atoms with van der Waals surface area (Å²) in [6, 6.07) is 0. The van der Waals surface area contributed by atoms with Crippen LogP contribution in [-0.2, 0) is 0 Å². The second-order valence-corrected chi connectivity index (χ2v) is 3.14. The molecular weight excluding hydrogens is 162 g/mol. The quantitative estimate of drug-likeness (QED) is 0.508. The van der Waals surface area contributed by atoms with Crippen LogP contribution in [0.5, 0.6) is 0 Å². The van der Waals surface area contributed by atoms with Gasteiger partial charge in [0.05, 0.1) is 6.10 Å². The standard InChI is InChI=1S/C8H14ClNO/c9-4-1-2-5-10-6-3-8(11)7-10/h1-2,8,11H,3-7H2/b2-1+. The van der Waals surface area contributed by atoms with Crippen LogP contribution < -0.4 is 0 Å². The highest BCUT2D eigenvalue weighted by atomic mass is 35.5. The first kappa shape index (κ1) is 9.04. The lowest BCUT2D eigenvalue weighted by molar-refractivity contribution is 0.179. The number of β-amino-alcohol motifs (C(OH)–C–C–N with tert-alkyl or cyclic N) is 1. The third-order valence-corrected chi connectivity index (χ3v) is 2.05. The normalized spacial score (nSPS) is 26.9. The summed E-state index contributed by atoms with van der Waals surface area (Å²) >= 11 is 5.46. The maximum atomic E-state index is 9.16. The molecular formula is C8H14ClNO. The van der Waals surface area contributed by atoms with Crippen molar-refractivity contribution in [3.63, 3.8) is 0 Å². The highest BCUT2D eigenvalue weighted by Gasteiger charge is 2.18. The number of halogens is 1. The Hall–Kier alpha value is -0.0500. The Kier molecular flexibility index (Phi) is 3.91. The van der Waals surface area contributed by atoms with E-state index in [1.54, 1.807) is 0 Å². The smallest absolute Gasteiger partial charge is 0.0679 e. The lowest BCUT2D eigenvalue weighted by atomic mass is 10.3. The first-order chi connectivity index (χ1) is 5.33. The van der Waals surface area contributed by atoms with Gasteiger partial charge in [-0.1, -0.05) is 12.2 Å². The van der Waals surface area contributed by atoms with Gasteiger partial charge in [-0.15, -0.1) is 11.6 Å². The van der Waals surface area contributed by atoms with Crippen LogP contribution in [0.25, 0.3) is 0 Å². The molecule has 1 unspecified atom stereocenters. The summed E-state index contributed by atoms with van der Waals surface area (Å²) < 4.78 is 0. The molecule has 1 rings (SSSR count). The molecule has 1 N–H and O–H groups in total. The predicted octanol–water partition coefficient (Wildman–Crippen LogP) is 0.848. The predicted molar refractivity (Wildman–Crippen MR) is 46.9 cm³/mol. The Labute approximate surface area is 72.5 Å². The van der Waals surface area contributed by atoms with E-state index >= 15 is 0 Å². The largest absolute Gasteiger partial charge is 0.392 e. The Morgan fingerprint density at radius 2 is 2.36 bits per heavy atom. The highest BCUT2D eigenvalue weighted by molar-refractivity contribution is 6.18. The molecule has 3 heteroatoms. The van der Waals surface area contributed by atoms with Gasteiger partial charge in [-0.2, -0.15) is 0 Å². The molecule has 0 amide bonds. The Balaban J connectivity index is 2.13. The summed E-state index contributed by atoms with van der Waals surface area (Å²) in [5, 5.41) is 9.16. The first-order valence-electron chi connectivity index (χ1n) is 3.94. The van der Waals surface area contributed by atoms with Crippen molar-refractivity contribution in [1.29, 1.82) is 0 Å². The minimum absolute atomic E-state index is 0.112. The second kappa shape index (κ2) is 4.75. The van der Waals surface area contributed by atoms with Crippen molar-refractivity contribution in [2.45, 2.75) is 12.5 Å². The van der Waals surface area contributed by atoms with E-state index < -0.39 is 0 Å². The zero-order valence-electron chi connectivity index (χ0n) is 6.54. The van der Waals surface area contributed by atoms with Crippen LogP contribution in [0.4, 0.5) is 0 Å². The fourth-order valence-corrected chi connectivity index (χ4v) is 1.39. The van der Waals surface area contributed by atoms with Gasteiger partial charge in [0.15, 0.2) is 0 Å². The maximum Gasteiger partial charge on any atom is 0.0679 e. The van der Waals surface area contributed by atoms with Gasteiger partial charge >= 0.3 is 0 Å². The van der Waals surface area contributed by atoms with Gasteiger partial charge in [-0.25, -0.2) is 0 Å². The molecule has 0 bridgehead atoms. The molecule has 1 aliphatic heterocycles. The first-order valence-corrected chi connectivity index (χ1v) is 4.47. The van der Waals surface area contributed by atoms with Crippen molar-refractivity contribution in [3.8, 4) is 0 Å². The van der Waals surface area contributed by atoms with Crippen molar-refractivity contribution >= 4 is 11.6 Å². The van der Waals surface area contributed by atoms with E-state index in [2.05, 4.69) is 4.90 Å². The molecule has 0 aromatic carbocycles. The summed E-state index contributed by atoms with van der Waals surface area (Å²) in [7, 11) is 0. The topological polar surface area (TPSA) is 23.5 Å². The summed E-state index contributed by atoms with van der Waals surface area (Å²) in [6.07, 6.45) is 4.78. The van der Waals surface area contributed by atoms with E-state index in [-0.39, 0.29) is 6.10 Å². The van der Waals surface area contributed by atoms with Gasteiger partial charge in [0.1, 0.15) is 0 Å². The molecule has 0 spiro atoms. The van der Waals surface area contributed by atoms with Crippen LogP contribution in [0, 0.1) is 0 Å². The number of hydrogen-bond acceptors (Lipinski definition) is 2. The third-order valence-electron chi connectivity index (χ3n) is 1.87. The van der Waals surface area contributed by atoms with Gasteiger partial charge in [-0.05, 0) is 6.42 Å². The van der Waals surface area contributed by atoms with Crippen LogP contribution in [0.1, 0.15) is 6.42 Å². The minimum Gasteiger partial charge on any atom is -0.392 e. The third kappa shape index (κ3) is 3.23. The molecule has 0 aromatic heterocycles. The monoisotopic (exact) mass is 175 g/mol. The van der Waals surface area contributed by atoms with E-state index in [0.29, 0.717) is 5.88 Å². The van der Waals surface area contributed by atoms with Gasteiger partial charge < -0.3 is 5.11 Å².